The standard InChI is InChI=1S/C19H19N3O/c1-23-21-16-12-13-22-18(11-10-14-6-3-2-4-7-14)20-17-9-5-8-15(16)19(17)22/h2-9H,10-13H2,1H3/b21-16-. The molecule has 4 nitrogen and oxygen atoms in total. The number of aromatic nitrogens is 2. The number of para-hydroxylation sites is 1. The fourth-order valence-corrected chi connectivity index (χ4v) is 3.36. The molecule has 0 saturated carbocycles. The van der Waals surface area contributed by atoms with Crippen LogP contribution in [0.5, 0.6) is 0 Å². The van der Waals surface area contributed by atoms with Gasteiger partial charge in [-0.3, -0.25) is 0 Å². The van der Waals surface area contributed by atoms with Gasteiger partial charge in [-0.2, -0.15) is 0 Å². The SMILES string of the molecule is CO/N=C1/CCn2c(CCc3ccccc3)nc3cccc1c32. The Morgan fingerprint density at radius 2 is 1.96 bits per heavy atom. The lowest BCUT2D eigenvalue weighted by molar-refractivity contribution is 0.212. The minimum atomic E-state index is 0.884. The molecule has 2 heterocycles. The van der Waals surface area contributed by atoms with Crippen LogP contribution in [0.1, 0.15) is 23.4 Å². The van der Waals surface area contributed by atoms with Gasteiger partial charge >= 0.3 is 0 Å². The van der Waals surface area contributed by atoms with Gasteiger partial charge in [0, 0.05) is 24.9 Å². The largest absolute Gasteiger partial charge is 0.399 e. The second-order valence-electron chi connectivity index (χ2n) is 5.81. The summed E-state index contributed by atoms with van der Waals surface area (Å²) in [7, 11) is 1.60. The van der Waals surface area contributed by atoms with Crippen molar-refractivity contribution in [2.24, 2.45) is 5.16 Å². The molecule has 0 amide bonds. The maximum absolute atomic E-state index is 5.00. The topological polar surface area (TPSA) is 39.4 Å². The predicted octanol–water partition coefficient (Wildman–Crippen LogP) is 3.58. The van der Waals surface area contributed by atoms with Gasteiger partial charge in [0.25, 0.3) is 0 Å². The highest BCUT2D eigenvalue weighted by Gasteiger charge is 2.22. The van der Waals surface area contributed by atoms with Crippen LogP contribution in [0.4, 0.5) is 0 Å². The summed E-state index contributed by atoms with van der Waals surface area (Å²) in [4.78, 5) is 9.86. The normalized spacial score (nSPS) is 15.3. The van der Waals surface area contributed by atoms with E-state index in [1.165, 1.54) is 11.1 Å². The van der Waals surface area contributed by atoms with Crippen molar-refractivity contribution in [3.63, 3.8) is 0 Å². The highest BCUT2D eigenvalue weighted by molar-refractivity contribution is 6.10. The van der Waals surface area contributed by atoms with Crippen LogP contribution < -0.4 is 0 Å². The number of oxime groups is 1. The van der Waals surface area contributed by atoms with Crippen LogP contribution in [0.2, 0.25) is 0 Å². The highest BCUT2D eigenvalue weighted by Crippen LogP contribution is 2.27. The summed E-state index contributed by atoms with van der Waals surface area (Å²) in [6.45, 7) is 0.916. The fourth-order valence-electron chi connectivity index (χ4n) is 3.36. The Morgan fingerprint density at radius 1 is 1.09 bits per heavy atom. The van der Waals surface area contributed by atoms with E-state index in [4.69, 9.17) is 9.82 Å². The maximum atomic E-state index is 5.00. The average molecular weight is 305 g/mol. The van der Waals surface area contributed by atoms with E-state index in [2.05, 4.69) is 52.2 Å². The van der Waals surface area contributed by atoms with E-state index in [0.29, 0.717) is 0 Å². The molecule has 0 unspecified atom stereocenters. The van der Waals surface area contributed by atoms with Crippen molar-refractivity contribution in [2.45, 2.75) is 25.8 Å². The molecule has 0 saturated heterocycles. The molecular weight excluding hydrogens is 286 g/mol. The third kappa shape index (κ3) is 2.50. The molecule has 0 atom stereocenters. The van der Waals surface area contributed by atoms with Gasteiger partial charge in [0.2, 0.25) is 0 Å². The van der Waals surface area contributed by atoms with Crippen LogP contribution in [0, 0.1) is 0 Å². The monoisotopic (exact) mass is 305 g/mol. The number of imidazole rings is 1. The number of hydrogen-bond acceptors (Lipinski definition) is 3. The van der Waals surface area contributed by atoms with Gasteiger partial charge in [-0.05, 0) is 18.1 Å². The summed E-state index contributed by atoms with van der Waals surface area (Å²) >= 11 is 0. The molecule has 4 heteroatoms. The maximum Gasteiger partial charge on any atom is 0.110 e. The van der Waals surface area contributed by atoms with Gasteiger partial charge in [-0.15, -0.1) is 0 Å². The van der Waals surface area contributed by atoms with Gasteiger partial charge < -0.3 is 9.40 Å². The van der Waals surface area contributed by atoms with E-state index in [1.807, 2.05) is 6.07 Å². The van der Waals surface area contributed by atoms with Gasteiger partial charge in [-0.25, -0.2) is 4.98 Å². The molecule has 0 aliphatic carbocycles. The molecule has 0 radical (unpaired) electrons. The van der Waals surface area contributed by atoms with E-state index in [0.717, 1.165) is 48.4 Å². The average Bonchev–Trinajstić information content (AvgIpc) is 2.96. The van der Waals surface area contributed by atoms with Crippen LogP contribution in [0.25, 0.3) is 11.0 Å². The van der Waals surface area contributed by atoms with E-state index < -0.39 is 0 Å². The molecule has 4 rings (SSSR count). The Kier molecular flexibility index (Phi) is 3.58. The molecule has 23 heavy (non-hydrogen) atoms. The summed E-state index contributed by atoms with van der Waals surface area (Å²) in [6.07, 6.45) is 2.85. The third-order valence-electron chi connectivity index (χ3n) is 4.41. The van der Waals surface area contributed by atoms with Gasteiger partial charge in [0.05, 0.1) is 16.7 Å². The van der Waals surface area contributed by atoms with E-state index in [1.54, 1.807) is 7.11 Å². The second-order valence-corrected chi connectivity index (χ2v) is 5.81. The number of benzene rings is 2. The van der Waals surface area contributed by atoms with Crippen LogP contribution in [0.3, 0.4) is 0 Å². The van der Waals surface area contributed by atoms with Gasteiger partial charge in [-0.1, -0.05) is 47.6 Å². The molecular formula is C19H19N3O. The van der Waals surface area contributed by atoms with Crippen molar-refractivity contribution in [2.75, 3.05) is 7.11 Å². The summed E-state index contributed by atoms with van der Waals surface area (Å²) in [5, 5.41) is 4.19. The quantitative estimate of drug-likeness (QED) is 0.691. The van der Waals surface area contributed by atoms with Crippen molar-refractivity contribution in [1.82, 2.24) is 9.55 Å². The first-order valence-electron chi connectivity index (χ1n) is 7.99. The first-order chi connectivity index (χ1) is 11.4. The lowest BCUT2D eigenvalue weighted by Gasteiger charge is -2.18. The molecule has 0 N–H and O–H groups in total. The van der Waals surface area contributed by atoms with Gasteiger partial charge in [0.15, 0.2) is 0 Å². The van der Waals surface area contributed by atoms with E-state index >= 15 is 0 Å². The van der Waals surface area contributed by atoms with Crippen molar-refractivity contribution in [3.8, 4) is 0 Å². The van der Waals surface area contributed by atoms with Crippen LogP contribution >= 0.6 is 0 Å². The predicted molar refractivity (Wildman–Crippen MR) is 91.7 cm³/mol. The Morgan fingerprint density at radius 3 is 2.78 bits per heavy atom. The zero-order chi connectivity index (χ0) is 15.6. The molecule has 0 fully saturated rings. The molecule has 1 aliphatic rings. The van der Waals surface area contributed by atoms with Gasteiger partial charge in [0.1, 0.15) is 12.9 Å². The minimum Gasteiger partial charge on any atom is -0.399 e. The smallest absolute Gasteiger partial charge is 0.110 e. The molecule has 116 valence electrons. The Bertz CT molecular complexity index is 865. The Labute approximate surface area is 135 Å². The van der Waals surface area contributed by atoms with E-state index in [9.17, 15) is 0 Å². The Balaban J connectivity index is 1.72. The van der Waals surface area contributed by atoms with E-state index in [-0.39, 0.29) is 0 Å². The zero-order valence-corrected chi connectivity index (χ0v) is 13.2. The fraction of sp³-hybridized carbons (Fsp3) is 0.263. The lowest BCUT2D eigenvalue weighted by atomic mass is 10.0. The zero-order valence-electron chi connectivity index (χ0n) is 13.2. The number of rotatable bonds is 4. The van der Waals surface area contributed by atoms with Crippen LogP contribution in [0.15, 0.2) is 53.7 Å². The lowest BCUT2D eigenvalue weighted by Crippen LogP contribution is -2.17. The molecule has 1 aromatic heterocycles. The molecule has 0 spiro atoms. The first kappa shape index (κ1) is 14.0. The second kappa shape index (κ2) is 5.88. The summed E-state index contributed by atoms with van der Waals surface area (Å²) in [5.41, 5.74) is 5.76. The molecule has 0 bridgehead atoms. The Hall–Kier alpha value is -2.62. The van der Waals surface area contributed by atoms with Crippen molar-refractivity contribution >= 4 is 16.7 Å². The summed E-state index contributed by atoms with van der Waals surface area (Å²) in [6, 6.07) is 16.8. The van der Waals surface area contributed by atoms with Crippen molar-refractivity contribution in [3.05, 3.63) is 65.5 Å². The number of nitrogens with zero attached hydrogens (tertiary/aromatic N) is 3. The van der Waals surface area contributed by atoms with Crippen LogP contribution in [-0.2, 0) is 24.2 Å². The molecule has 1 aliphatic heterocycles. The minimum absolute atomic E-state index is 0.884. The third-order valence-corrected chi connectivity index (χ3v) is 4.41. The number of aryl methyl sites for hydroxylation is 3. The van der Waals surface area contributed by atoms with Crippen LogP contribution in [-0.4, -0.2) is 22.4 Å². The summed E-state index contributed by atoms with van der Waals surface area (Å²) in [5.74, 6) is 1.16. The van der Waals surface area contributed by atoms with Crippen molar-refractivity contribution in [1.29, 1.82) is 0 Å². The first-order valence-corrected chi connectivity index (χ1v) is 7.99. The highest BCUT2D eigenvalue weighted by atomic mass is 16.6. The molecule has 2 aromatic carbocycles. The number of hydrogen-bond donors (Lipinski definition) is 0. The van der Waals surface area contributed by atoms with Crippen molar-refractivity contribution < 1.29 is 4.84 Å². The molecule has 3 aromatic rings. The summed E-state index contributed by atoms with van der Waals surface area (Å²) < 4.78 is 2.35.